The van der Waals surface area contributed by atoms with Crippen molar-refractivity contribution in [2.75, 3.05) is 32.1 Å². The standard InChI is InChI=1S/C11H15ClN2O3/c12-9-3-1-2-8(10(9)13)11(16)14-4-6-17-7-5-15/h1-3,15H,4-7,13H2,(H,14,16). The number of nitrogen functional groups attached to an aromatic ring is 1. The molecule has 94 valence electrons. The van der Waals surface area contributed by atoms with E-state index in [0.717, 1.165) is 0 Å². The van der Waals surface area contributed by atoms with E-state index in [-0.39, 0.29) is 24.8 Å². The van der Waals surface area contributed by atoms with Crippen LogP contribution in [0.4, 0.5) is 5.69 Å². The normalized spacial score (nSPS) is 10.2. The van der Waals surface area contributed by atoms with Crippen LogP contribution in [0.3, 0.4) is 0 Å². The highest BCUT2D eigenvalue weighted by Gasteiger charge is 2.10. The molecule has 0 saturated carbocycles. The van der Waals surface area contributed by atoms with E-state index in [0.29, 0.717) is 23.7 Å². The molecule has 0 unspecified atom stereocenters. The zero-order chi connectivity index (χ0) is 12.7. The fraction of sp³-hybridized carbons (Fsp3) is 0.364. The molecule has 0 atom stereocenters. The predicted molar refractivity (Wildman–Crippen MR) is 66.1 cm³/mol. The number of hydrogen-bond acceptors (Lipinski definition) is 4. The molecule has 6 heteroatoms. The molecule has 0 aromatic heterocycles. The molecule has 1 rings (SSSR count). The molecular formula is C11H15ClN2O3. The number of amides is 1. The van der Waals surface area contributed by atoms with Crippen LogP contribution in [0.5, 0.6) is 0 Å². The first-order valence-corrected chi connectivity index (χ1v) is 5.55. The summed E-state index contributed by atoms with van der Waals surface area (Å²) in [6.45, 7) is 0.919. The number of rotatable bonds is 6. The van der Waals surface area contributed by atoms with Crippen LogP contribution in [0, 0.1) is 0 Å². The topological polar surface area (TPSA) is 84.6 Å². The van der Waals surface area contributed by atoms with Crippen molar-refractivity contribution in [3.63, 3.8) is 0 Å². The number of para-hydroxylation sites is 1. The fourth-order valence-electron chi connectivity index (χ4n) is 1.23. The van der Waals surface area contributed by atoms with Crippen molar-refractivity contribution in [2.24, 2.45) is 0 Å². The Bertz CT molecular complexity index is 385. The van der Waals surface area contributed by atoms with Gasteiger partial charge in [0.05, 0.1) is 36.1 Å². The fourth-order valence-corrected chi connectivity index (χ4v) is 1.41. The molecule has 0 aliphatic heterocycles. The molecule has 0 bridgehead atoms. The summed E-state index contributed by atoms with van der Waals surface area (Å²) in [7, 11) is 0. The number of carbonyl (C=O) groups is 1. The minimum absolute atomic E-state index is 0.0326. The molecule has 0 aliphatic carbocycles. The maximum absolute atomic E-state index is 11.7. The SMILES string of the molecule is Nc1c(Cl)cccc1C(=O)NCCOCCO. The molecule has 0 aliphatic rings. The third kappa shape index (κ3) is 4.22. The molecule has 0 radical (unpaired) electrons. The molecule has 0 heterocycles. The highest BCUT2D eigenvalue weighted by Crippen LogP contribution is 2.21. The quantitative estimate of drug-likeness (QED) is 0.517. The Hall–Kier alpha value is -1.30. The summed E-state index contributed by atoms with van der Waals surface area (Å²) in [5.74, 6) is -0.294. The average molecular weight is 259 g/mol. The van der Waals surface area contributed by atoms with Crippen LogP contribution in [-0.2, 0) is 4.74 Å². The Morgan fingerprint density at radius 3 is 2.94 bits per heavy atom. The number of hydrogen-bond donors (Lipinski definition) is 3. The van der Waals surface area contributed by atoms with E-state index >= 15 is 0 Å². The van der Waals surface area contributed by atoms with Gasteiger partial charge < -0.3 is 20.9 Å². The number of benzene rings is 1. The minimum Gasteiger partial charge on any atom is -0.397 e. The number of anilines is 1. The van der Waals surface area contributed by atoms with Crippen molar-refractivity contribution in [1.82, 2.24) is 5.32 Å². The lowest BCUT2D eigenvalue weighted by Gasteiger charge is -2.08. The number of nitrogens with two attached hydrogens (primary N) is 1. The molecule has 17 heavy (non-hydrogen) atoms. The van der Waals surface area contributed by atoms with Crippen LogP contribution in [0.2, 0.25) is 5.02 Å². The van der Waals surface area contributed by atoms with Gasteiger partial charge in [-0.15, -0.1) is 0 Å². The molecule has 0 fully saturated rings. The van der Waals surface area contributed by atoms with E-state index in [1.807, 2.05) is 0 Å². The maximum Gasteiger partial charge on any atom is 0.253 e. The van der Waals surface area contributed by atoms with Crippen LogP contribution in [-0.4, -0.2) is 37.4 Å². The zero-order valence-corrected chi connectivity index (χ0v) is 10.0. The molecular weight excluding hydrogens is 244 g/mol. The number of halogens is 1. The Balaban J connectivity index is 2.44. The van der Waals surface area contributed by atoms with Gasteiger partial charge in [-0.2, -0.15) is 0 Å². The van der Waals surface area contributed by atoms with E-state index in [9.17, 15) is 4.79 Å². The number of carbonyl (C=O) groups excluding carboxylic acids is 1. The third-order valence-electron chi connectivity index (χ3n) is 2.07. The molecule has 0 saturated heterocycles. The monoisotopic (exact) mass is 258 g/mol. The van der Waals surface area contributed by atoms with Crippen LogP contribution in [0.15, 0.2) is 18.2 Å². The van der Waals surface area contributed by atoms with Gasteiger partial charge in [-0.1, -0.05) is 17.7 Å². The van der Waals surface area contributed by atoms with Gasteiger partial charge >= 0.3 is 0 Å². The van der Waals surface area contributed by atoms with E-state index in [2.05, 4.69) is 5.32 Å². The number of ether oxygens (including phenoxy) is 1. The third-order valence-corrected chi connectivity index (χ3v) is 2.39. The molecule has 1 aromatic rings. The molecule has 0 spiro atoms. The van der Waals surface area contributed by atoms with Crippen molar-refractivity contribution in [3.8, 4) is 0 Å². The summed E-state index contributed by atoms with van der Waals surface area (Å²) in [6.07, 6.45) is 0. The highest BCUT2D eigenvalue weighted by molar-refractivity contribution is 6.33. The van der Waals surface area contributed by atoms with Gasteiger partial charge in [0.1, 0.15) is 0 Å². The number of nitrogens with one attached hydrogen (secondary N) is 1. The summed E-state index contributed by atoms with van der Waals surface area (Å²) in [5, 5.41) is 11.5. The molecule has 1 amide bonds. The Kier molecular flexibility index (Phi) is 5.76. The highest BCUT2D eigenvalue weighted by atomic mass is 35.5. The Labute approximate surface area is 105 Å². The zero-order valence-electron chi connectivity index (χ0n) is 9.28. The summed E-state index contributed by atoms with van der Waals surface area (Å²) in [5.41, 5.74) is 6.29. The van der Waals surface area contributed by atoms with E-state index < -0.39 is 0 Å². The maximum atomic E-state index is 11.7. The van der Waals surface area contributed by atoms with Crippen molar-refractivity contribution in [2.45, 2.75) is 0 Å². The first-order valence-electron chi connectivity index (χ1n) is 5.17. The van der Waals surface area contributed by atoms with E-state index in [1.54, 1.807) is 18.2 Å². The smallest absolute Gasteiger partial charge is 0.253 e. The van der Waals surface area contributed by atoms with Gasteiger partial charge in [0.2, 0.25) is 0 Å². The summed E-state index contributed by atoms with van der Waals surface area (Å²) in [4.78, 5) is 11.7. The van der Waals surface area contributed by atoms with Gasteiger partial charge in [-0.3, -0.25) is 4.79 Å². The second-order valence-electron chi connectivity index (χ2n) is 3.29. The lowest BCUT2D eigenvalue weighted by Crippen LogP contribution is -2.28. The second kappa shape index (κ2) is 7.11. The summed E-state index contributed by atoms with van der Waals surface area (Å²) in [6, 6.07) is 4.89. The summed E-state index contributed by atoms with van der Waals surface area (Å²) < 4.78 is 5.00. The number of aliphatic hydroxyl groups excluding tert-OH is 1. The Morgan fingerprint density at radius 1 is 1.47 bits per heavy atom. The first kappa shape index (κ1) is 13.8. The van der Waals surface area contributed by atoms with E-state index in [4.69, 9.17) is 27.2 Å². The molecule has 4 N–H and O–H groups in total. The van der Waals surface area contributed by atoms with Gasteiger partial charge in [-0.05, 0) is 12.1 Å². The van der Waals surface area contributed by atoms with E-state index in [1.165, 1.54) is 0 Å². The van der Waals surface area contributed by atoms with Crippen molar-refractivity contribution in [1.29, 1.82) is 0 Å². The van der Waals surface area contributed by atoms with Gasteiger partial charge in [-0.25, -0.2) is 0 Å². The van der Waals surface area contributed by atoms with Crippen LogP contribution in [0.1, 0.15) is 10.4 Å². The average Bonchev–Trinajstić information content (AvgIpc) is 2.32. The lowest BCUT2D eigenvalue weighted by molar-refractivity contribution is 0.0838. The van der Waals surface area contributed by atoms with Crippen molar-refractivity contribution in [3.05, 3.63) is 28.8 Å². The molecule has 5 nitrogen and oxygen atoms in total. The first-order chi connectivity index (χ1) is 8.16. The summed E-state index contributed by atoms with van der Waals surface area (Å²) >= 11 is 5.80. The Morgan fingerprint density at radius 2 is 2.24 bits per heavy atom. The van der Waals surface area contributed by atoms with Crippen LogP contribution >= 0.6 is 11.6 Å². The second-order valence-corrected chi connectivity index (χ2v) is 3.70. The van der Waals surface area contributed by atoms with Gasteiger partial charge in [0.25, 0.3) is 5.91 Å². The van der Waals surface area contributed by atoms with Crippen molar-refractivity contribution < 1.29 is 14.6 Å². The van der Waals surface area contributed by atoms with Crippen molar-refractivity contribution >= 4 is 23.2 Å². The van der Waals surface area contributed by atoms with Gasteiger partial charge in [0.15, 0.2) is 0 Å². The van der Waals surface area contributed by atoms with Crippen LogP contribution in [0.25, 0.3) is 0 Å². The van der Waals surface area contributed by atoms with Gasteiger partial charge in [0, 0.05) is 6.54 Å². The lowest BCUT2D eigenvalue weighted by atomic mass is 10.1. The predicted octanol–water partition coefficient (Wildman–Crippen LogP) is 0.661. The molecule has 1 aromatic carbocycles. The minimum atomic E-state index is -0.294. The largest absolute Gasteiger partial charge is 0.397 e. The number of aliphatic hydroxyl groups is 1. The van der Waals surface area contributed by atoms with Crippen LogP contribution < -0.4 is 11.1 Å².